The number of ether oxygens (including phenoxy) is 1. The van der Waals surface area contributed by atoms with E-state index in [4.69, 9.17) is 4.74 Å². The monoisotopic (exact) mass is 431 g/mol. The van der Waals surface area contributed by atoms with E-state index >= 15 is 0 Å². The number of hydrogen-bond donors (Lipinski definition) is 1. The molecular weight excluding hydrogens is 409 g/mol. The maximum Gasteiger partial charge on any atom is 0.300 e. The van der Waals surface area contributed by atoms with Crippen LogP contribution in [0.3, 0.4) is 0 Å². The summed E-state index contributed by atoms with van der Waals surface area (Å²) >= 11 is 0. The number of nitrogens with zero attached hydrogens (tertiary/aromatic N) is 1. The normalized spacial score (nSPS) is 17.6. The van der Waals surface area contributed by atoms with Gasteiger partial charge in [0, 0.05) is 11.3 Å². The Bertz CT molecular complexity index is 1200. The van der Waals surface area contributed by atoms with Crippen molar-refractivity contribution < 1.29 is 23.8 Å². The predicted molar refractivity (Wildman–Crippen MR) is 120 cm³/mol. The van der Waals surface area contributed by atoms with Gasteiger partial charge in [-0.15, -0.1) is 0 Å². The Kier molecular flexibility index (Phi) is 5.77. The van der Waals surface area contributed by atoms with E-state index in [0.29, 0.717) is 23.6 Å². The van der Waals surface area contributed by atoms with E-state index in [9.17, 15) is 19.1 Å². The molecular formula is C26H22FNO4. The van der Waals surface area contributed by atoms with Gasteiger partial charge in [-0.1, -0.05) is 24.3 Å². The lowest BCUT2D eigenvalue weighted by atomic mass is 9.92. The summed E-state index contributed by atoms with van der Waals surface area (Å²) in [6.45, 7) is 4.26. The number of halogens is 1. The van der Waals surface area contributed by atoms with E-state index in [1.54, 1.807) is 24.3 Å². The molecule has 5 nitrogen and oxygen atoms in total. The SMILES string of the molecule is CCOc1ccc(N2C(=O)C(=O)/C(=C(\O)c3ccc(F)cc3)C2c2ccccc2C)cc1. The molecule has 3 aromatic carbocycles. The highest BCUT2D eigenvalue weighted by molar-refractivity contribution is 6.51. The van der Waals surface area contributed by atoms with Crippen molar-refractivity contribution in [2.24, 2.45) is 0 Å². The van der Waals surface area contributed by atoms with Gasteiger partial charge >= 0.3 is 0 Å². The summed E-state index contributed by atoms with van der Waals surface area (Å²) < 4.78 is 18.9. The molecule has 162 valence electrons. The minimum absolute atomic E-state index is 0.0372. The Hall–Kier alpha value is -3.93. The summed E-state index contributed by atoms with van der Waals surface area (Å²) in [5.41, 5.74) is 2.30. The molecule has 1 heterocycles. The van der Waals surface area contributed by atoms with Crippen molar-refractivity contribution in [3.63, 3.8) is 0 Å². The van der Waals surface area contributed by atoms with Gasteiger partial charge < -0.3 is 9.84 Å². The van der Waals surface area contributed by atoms with Gasteiger partial charge in [0.05, 0.1) is 18.2 Å². The molecule has 0 bridgehead atoms. The number of aryl methyl sites for hydroxylation is 1. The van der Waals surface area contributed by atoms with Crippen molar-refractivity contribution >= 4 is 23.1 Å². The van der Waals surface area contributed by atoms with E-state index in [0.717, 1.165) is 5.56 Å². The standard InChI is InChI=1S/C26H22FNO4/c1-3-32-20-14-12-19(13-15-20)28-23(21-7-5-4-6-16(21)2)22(25(30)26(28)31)24(29)17-8-10-18(27)11-9-17/h4-15,23,29H,3H2,1-2H3/b24-22-. The first-order valence-electron chi connectivity index (χ1n) is 10.3. The molecule has 0 spiro atoms. The lowest BCUT2D eigenvalue weighted by Crippen LogP contribution is -2.29. The first-order valence-corrected chi connectivity index (χ1v) is 10.3. The van der Waals surface area contributed by atoms with Crippen LogP contribution < -0.4 is 9.64 Å². The summed E-state index contributed by atoms with van der Waals surface area (Å²) in [6.07, 6.45) is 0. The molecule has 0 aromatic heterocycles. The number of anilines is 1. The van der Waals surface area contributed by atoms with Gasteiger partial charge in [-0.3, -0.25) is 14.5 Å². The van der Waals surface area contributed by atoms with Gasteiger partial charge in [-0.05, 0) is 73.5 Å². The molecule has 0 saturated carbocycles. The number of benzene rings is 3. The minimum atomic E-state index is -0.834. The molecule has 32 heavy (non-hydrogen) atoms. The van der Waals surface area contributed by atoms with E-state index in [1.807, 2.05) is 38.1 Å². The summed E-state index contributed by atoms with van der Waals surface area (Å²) in [4.78, 5) is 27.7. The third-order valence-corrected chi connectivity index (χ3v) is 5.47. The molecule has 1 fully saturated rings. The van der Waals surface area contributed by atoms with E-state index in [-0.39, 0.29) is 16.9 Å². The van der Waals surface area contributed by atoms with Crippen LogP contribution in [-0.4, -0.2) is 23.4 Å². The predicted octanol–water partition coefficient (Wildman–Crippen LogP) is 5.16. The number of rotatable bonds is 5. The zero-order valence-corrected chi connectivity index (χ0v) is 17.7. The van der Waals surface area contributed by atoms with Crippen molar-refractivity contribution in [2.45, 2.75) is 19.9 Å². The van der Waals surface area contributed by atoms with Gasteiger partial charge in [0.15, 0.2) is 0 Å². The summed E-state index contributed by atoms with van der Waals surface area (Å²) in [5.74, 6) is -1.71. The van der Waals surface area contributed by atoms with Crippen LogP contribution in [0.5, 0.6) is 5.75 Å². The number of carbonyl (C=O) groups excluding carboxylic acids is 2. The van der Waals surface area contributed by atoms with Crippen LogP contribution >= 0.6 is 0 Å². The second-order valence-corrected chi connectivity index (χ2v) is 7.46. The fourth-order valence-electron chi connectivity index (χ4n) is 3.92. The molecule has 1 saturated heterocycles. The van der Waals surface area contributed by atoms with Crippen molar-refractivity contribution in [2.75, 3.05) is 11.5 Å². The summed E-state index contributed by atoms with van der Waals surface area (Å²) in [6, 6.07) is 18.6. The third kappa shape index (κ3) is 3.75. The van der Waals surface area contributed by atoms with Crippen LogP contribution in [0.25, 0.3) is 5.76 Å². The van der Waals surface area contributed by atoms with Gasteiger partial charge in [0.1, 0.15) is 17.3 Å². The maximum absolute atomic E-state index is 13.4. The van der Waals surface area contributed by atoms with Crippen molar-refractivity contribution in [3.05, 3.63) is 101 Å². The van der Waals surface area contributed by atoms with Crippen molar-refractivity contribution in [3.8, 4) is 5.75 Å². The van der Waals surface area contributed by atoms with Crippen LogP contribution in [0, 0.1) is 12.7 Å². The Morgan fingerprint density at radius 2 is 1.66 bits per heavy atom. The molecule has 1 aliphatic heterocycles. The van der Waals surface area contributed by atoms with Crippen molar-refractivity contribution in [1.82, 2.24) is 0 Å². The lowest BCUT2D eigenvalue weighted by Gasteiger charge is -2.26. The number of ketones is 1. The zero-order valence-electron chi connectivity index (χ0n) is 17.7. The summed E-state index contributed by atoms with van der Waals surface area (Å²) in [7, 11) is 0. The minimum Gasteiger partial charge on any atom is -0.507 e. The smallest absolute Gasteiger partial charge is 0.300 e. The number of hydrogen-bond acceptors (Lipinski definition) is 4. The van der Waals surface area contributed by atoms with Gasteiger partial charge in [-0.2, -0.15) is 0 Å². The van der Waals surface area contributed by atoms with Crippen LogP contribution in [0.4, 0.5) is 10.1 Å². The van der Waals surface area contributed by atoms with Crippen LogP contribution in [0.15, 0.2) is 78.4 Å². The lowest BCUT2D eigenvalue weighted by molar-refractivity contribution is -0.132. The highest BCUT2D eigenvalue weighted by Gasteiger charge is 2.47. The topological polar surface area (TPSA) is 66.8 Å². The molecule has 1 aliphatic rings. The van der Waals surface area contributed by atoms with Crippen molar-refractivity contribution in [1.29, 1.82) is 0 Å². The average molecular weight is 431 g/mol. The highest BCUT2D eigenvalue weighted by Crippen LogP contribution is 2.43. The largest absolute Gasteiger partial charge is 0.507 e. The summed E-state index contributed by atoms with van der Waals surface area (Å²) in [5, 5.41) is 11.0. The fraction of sp³-hybridized carbons (Fsp3) is 0.154. The molecule has 1 atom stereocenters. The molecule has 1 amide bonds. The van der Waals surface area contributed by atoms with Crippen LogP contribution in [-0.2, 0) is 9.59 Å². The molecule has 4 rings (SSSR count). The molecule has 0 radical (unpaired) electrons. The van der Waals surface area contributed by atoms with E-state index in [2.05, 4.69) is 0 Å². The third-order valence-electron chi connectivity index (χ3n) is 5.47. The quantitative estimate of drug-likeness (QED) is 0.344. The van der Waals surface area contributed by atoms with E-state index in [1.165, 1.54) is 29.2 Å². The Morgan fingerprint density at radius 3 is 2.28 bits per heavy atom. The van der Waals surface area contributed by atoms with Gasteiger partial charge in [0.2, 0.25) is 0 Å². The molecule has 6 heteroatoms. The highest BCUT2D eigenvalue weighted by atomic mass is 19.1. The Morgan fingerprint density at radius 1 is 1.00 bits per heavy atom. The number of aliphatic hydroxyl groups excluding tert-OH is 1. The zero-order chi connectivity index (χ0) is 22.8. The number of amides is 1. The number of aliphatic hydroxyl groups is 1. The molecule has 3 aromatic rings. The first kappa shape index (κ1) is 21.3. The Labute approximate surface area is 185 Å². The van der Waals surface area contributed by atoms with Crippen LogP contribution in [0.2, 0.25) is 0 Å². The molecule has 1 unspecified atom stereocenters. The molecule has 0 aliphatic carbocycles. The van der Waals surface area contributed by atoms with Gasteiger partial charge in [0.25, 0.3) is 11.7 Å². The van der Waals surface area contributed by atoms with E-state index < -0.39 is 23.5 Å². The second kappa shape index (κ2) is 8.67. The van der Waals surface area contributed by atoms with Crippen LogP contribution in [0.1, 0.15) is 29.7 Å². The Balaban J connectivity index is 1.91. The fourth-order valence-corrected chi connectivity index (χ4v) is 3.92. The second-order valence-electron chi connectivity index (χ2n) is 7.46. The maximum atomic E-state index is 13.4. The van der Waals surface area contributed by atoms with Gasteiger partial charge in [-0.25, -0.2) is 4.39 Å². The molecule has 1 N–H and O–H groups in total. The average Bonchev–Trinajstić information content (AvgIpc) is 3.05. The number of carbonyl (C=O) groups is 2. The number of Topliss-reactive ketones (excluding diaryl/α,β-unsaturated/α-hetero) is 1. The first-order chi connectivity index (χ1) is 15.4.